The van der Waals surface area contributed by atoms with Crippen molar-refractivity contribution in [1.29, 1.82) is 0 Å². The molecule has 1 aliphatic carbocycles. The summed E-state index contributed by atoms with van der Waals surface area (Å²) in [5, 5.41) is 9.14. The van der Waals surface area contributed by atoms with Crippen molar-refractivity contribution in [3.8, 4) is 0 Å². The predicted octanol–water partition coefficient (Wildman–Crippen LogP) is 2.11. The number of aliphatic carboxylic acids is 1. The van der Waals surface area contributed by atoms with Gasteiger partial charge in [-0.25, -0.2) is 0 Å². The number of carbonyl (C=O) groups excluding carboxylic acids is 1. The molecule has 2 atom stereocenters. The van der Waals surface area contributed by atoms with Crippen LogP contribution in [0.2, 0.25) is 0 Å². The van der Waals surface area contributed by atoms with Crippen LogP contribution in [0.1, 0.15) is 41.3 Å². The molecule has 3 rings (SSSR count). The molecule has 1 aliphatic heterocycles. The van der Waals surface area contributed by atoms with Crippen LogP contribution in [0.15, 0.2) is 18.2 Å². The second-order valence-electron chi connectivity index (χ2n) is 5.81. The largest absolute Gasteiger partial charge is 0.481 e. The Morgan fingerprint density at radius 2 is 2.00 bits per heavy atom. The molecule has 0 saturated carbocycles. The zero-order valence-corrected chi connectivity index (χ0v) is 11.6. The highest BCUT2D eigenvalue weighted by atomic mass is 16.4. The van der Waals surface area contributed by atoms with Gasteiger partial charge in [0.15, 0.2) is 0 Å². The zero-order chi connectivity index (χ0) is 14.3. The van der Waals surface area contributed by atoms with E-state index in [1.165, 1.54) is 11.1 Å². The van der Waals surface area contributed by atoms with Gasteiger partial charge in [-0.1, -0.05) is 6.07 Å². The summed E-state index contributed by atoms with van der Waals surface area (Å²) in [6, 6.07) is 5.69. The van der Waals surface area contributed by atoms with Gasteiger partial charge < -0.3 is 10.0 Å². The van der Waals surface area contributed by atoms with Crippen LogP contribution in [0.5, 0.6) is 0 Å². The molecule has 0 aromatic heterocycles. The van der Waals surface area contributed by atoms with E-state index < -0.39 is 11.9 Å². The molecule has 0 radical (unpaired) electrons. The highest BCUT2D eigenvalue weighted by molar-refractivity contribution is 5.95. The first kappa shape index (κ1) is 13.2. The van der Waals surface area contributed by atoms with Gasteiger partial charge in [-0.15, -0.1) is 0 Å². The van der Waals surface area contributed by atoms with Gasteiger partial charge in [0.2, 0.25) is 0 Å². The van der Waals surface area contributed by atoms with Gasteiger partial charge in [0, 0.05) is 18.2 Å². The Labute approximate surface area is 118 Å². The van der Waals surface area contributed by atoms with Crippen molar-refractivity contribution in [2.75, 3.05) is 6.54 Å². The van der Waals surface area contributed by atoms with E-state index in [1.807, 2.05) is 25.1 Å². The molecular formula is C16H19NO3. The summed E-state index contributed by atoms with van der Waals surface area (Å²) in [6.07, 6.45) is 3.86. The van der Waals surface area contributed by atoms with Crippen LogP contribution in [-0.4, -0.2) is 34.5 Å². The topological polar surface area (TPSA) is 57.6 Å². The lowest BCUT2D eigenvalue weighted by Gasteiger charge is -2.23. The molecule has 1 amide bonds. The monoisotopic (exact) mass is 273 g/mol. The van der Waals surface area contributed by atoms with E-state index in [4.69, 9.17) is 5.11 Å². The fourth-order valence-electron chi connectivity index (χ4n) is 3.43. The molecule has 4 heteroatoms. The molecule has 1 aromatic rings. The molecule has 4 nitrogen and oxygen atoms in total. The Hall–Kier alpha value is -1.84. The Kier molecular flexibility index (Phi) is 3.24. The molecule has 1 N–H and O–H groups in total. The van der Waals surface area contributed by atoms with Gasteiger partial charge in [-0.3, -0.25) is 9.59 Å². The standard InChI is InChI=1S/C16H19NO3/c1-10-14(16(19)20)7-8-17(10)15(18)13-6-5-11-3-2-4-12(11)9-13/h5-6,9-10,14H,2-4,7-8H2,1H3,(H,19,20). The van der Waals surface area contributed by atoms with Crippen LogP contribution in [0.4, 0.5) is 0 Å². The minimum Gasteiger partial charge on any atom is -0.481 e. The van der Waals surface area contributed by atoms with Gasteiger partial charge in [-0.2, -0.15) is 0 Å². The van der Waals surface area contributed by atoms with Gasteiger partial charge in [-0.05, 0) is 55.9 Å². The second-order valence-corrected chi connectivity index (χ2v) is 5.81. The van der Waals surface area contributed by atoms with E-state index in [2.05, 4.69) is 0 Å². The van der Waals surface area contributed by atoms with E-state index in [0.29, 0.717) is 18.5 Å². The fourth-order valence-corrected chi connectivity index (χ4v) is 3.43. The molecule has 1 aromatic carbocycles. The van der Waals surface area contributed by atoms with Crippen LogP contribution >= 0.6 is 0 Å². The van der Waals surface area contributed by atoms with Crippen molar-refractivity contribution in [3.63, 3.8) is 0 Å². The third-order valence-electron chi connectivity index (χ3n) is 4.68. The number of carboxylic acid groups (broad SMARTS) is 1. The number of carbonyl (C=O) groups is 2. The maximum absolute atomic E-state index is 12.6. The van der Waals surface area contributed by atoms with Crippen molar-refractivity contribution in [2.45, 2.75) is 38.6 Å². The molecule has 1 saturated heterocycles. The summed E-state index contributed by atoms with van der Waals surface area (Å²) in [5.41, 5.74) is 3.32. The molecule has 2 unspecified atom stereocenters. The average molecular weight is 273 g/mol. The summed E-state index contributed by atoms with van der Waals surface area (Å²) in [6.45, 7) is 2.37. The number of fused-ring (bicyclic) bond motifs is 1. The second kappa shape index (κ2) is 4.93. The van der Waals surface area contributed by atoms with Crippen molar-refractivity contribution in [3.05, 3.63) is 34.9 Å². The average Bonchev–Trinajstić information content (AvgIpc) is 3.03. The number of nitrogens with zero attached hydrogens (tertiary/aromatic N) is 1. The van der Waals surface area contributed by atoms with Crippen molar-refractivity contribution in [1.82, 2.24) is 4.90 Å². The van der Waals surface area contributed by atoms with E-state index in [0.717, 1.165) is 19.3 Å². The predicted molar refractivity (Wildman–Crippen MR) is 74.7 cm³/mol. The summed E-state index contributed by atoms with van der Waals surface area (Å²) >= 11 is 0. The molecule has 0 spiro atoms. The number of hydrogen-bond donors (Lipinski definition) is 1. The third-order valence-corrected chi connectivity index (χ3v) is 4.68. The molecule has 1 fully saturated rings. The fraction of sp³-hybridized carbons (Fsp3) is 0.500. The summed E-state index contributed by atoms with van der Waals surface area (Å²) in [5.74, 6) is -1.27. The summed E-state index contributed by atoms with van der Waals surface area (Å²) < 4.78 is 0. The lowest BCUT2D eigenvalue weighted by molar-refractivity contribution is -0.142. The third kappa shape index (κ3) is 2.09. The molecule has 1 heterocycles. The number of rotatable bonds is 2. The minimum atomic E-state index is -0.804. The number of amides is 1. The van der Waals surface area contributed by atoms with Gasteiger partial charge in [0.1, 0.15) is 0 Å². The lowest BCUT2D eigenvalue weighted by Crippen LogP contribution is -2.37. The first-order chi connectivity index (χ1) is 9.58. The molecule has 106 valence electrons. The van der Waals surface area contributed by atoms with Crippen molar-refractivity contribution in [2.24, 2.45) is 5.92 Å². The van der Waals surface area contributed by atoms with Crippen LogP contribution in [0.3, 0.4) is 0 Å². The minimum absolute atomic E-state index is 0.0315. The van der Waals surface area contributed by atoms with Crippen LogP contribution in [0, 0.1) is 5.92 Å². The number of aryl methyl sites for hydroxylation is 2. The van der Waals surface area contributed by atoms with Gasteiger partial charge in [0.05, 0.1) is 5.92 Å². The first-order valence-corrected chi connectivity index (χ1v) is 7.23. The molecular weight excluding hydrogens is 254 g/mol. The number of benzene rings is 1. The maximum atomic E-state index is 12.6. The zero-order valence-electron chi connectivity index (χ0n) is 11.6. The normalized spacial score (nSPS) is 24.8. The Morgan fingerprint density at radius 3 is 2.70 bits per heavy atom. The van der Waals surface area contributed by atoms with E-state index in [1.54, 1.807) is 4.90 Å². The Morgan fingerprint density at radius 1 is 1.25 bits per heavy atom. The quantitative estimate of drug-likeness (QED) is 0.898. The lowest BCUT2D eigenvalue weighted by atomic mass is 10.0. The highest BCUT2D eigenvalue weighted by Crippen LogP contribution is 2.28. The number of hydrogen-bond acceptors (Lipinski definition) is 2. The number of carboxylic acids is 1. The summed E-state index contributed by atoms with van der Waals surface area (Å²) in [7, 11) is 0. The van der Waals surface area contributed by atoms with Crippen molar-refractivity contribution < 1.29 is 14.7 Å². The van der Waals surface area contributed by atoms with E-state index in [-0.39, 0.29) is 11.9 Å². The molecule has 0 bridgehead atoms. The first-order valence-electron chi connectivity index (χ1n) is 7.23. The van der Waals surface area contributed by atoms with E-state index >= 15 is 0 Å². The Balaban J connectivity index is 1.81. The van der Waals surface area contributed by atoms with Crippen LogP contribution in [-0.2, 0) is 17.6 Å². The molecule has 2 aliphatic rings. The van der Waals surface area contributed by atoms with Crippen molar-refractivity contribution >= 4 is 11.9 Å². The smallest absolute Gasteiger partial charge is 0.308 e. The SMILES string of the molecule is CC1C(C(=O)O)CCN1C(=O)c1ccc2c(c1)CCC2. The van der Waals surface area contributed by atoms with Gasteiger partial charge >= 0.3 is 5.97 Å². The summed E-state index contributed by atoms with van der Waals surface area (Å²) in [4.78, 5) is 25.4. The maximum Gasteiger partial charge on any atom is 0.308 e. The van der Waals surface area contributed by atoms with Crippen LogP contribution < -0.4 is 0 Å². The number of likely N-dealkylation sites (tertiary alicyclic amines) is 1. The Bertz CT molecular complexity index is 567. The van der Waals surface area contributed by atoms with Crippen LogP contribution in [0.25, 0.3) is 0 Å². The molecule has 20 heavy (non-hydrogen) atoms. The highest BCUT2D eigenvalue weighted by Gasteiger charge is 2.38. The van der Waals surface area contributed by atoms with Gasteiger partial charge in [0.25, 0.3) is 5.91 Å². The van der Waals surface area contributed by atoms with E-state index in [9.17, 15) is 9.59 Å².